The van der Waals surface area contributed by atoms with Crippen molar-refractivity contribution in [3.63, 3.8) is 0 Å². The molecule has 0 aromatic carbocycles. The minimum Gasteiger partial charge on any atom is -0.384 e. The molecule has 0 radical (unpaired) electrons. The second kappa shape index (κ2) is 9.42. The molecule has 0 rings (SSSR count). The van der Waals surface area contributed by atoms with Crippen LogP contribution in [0.2, 0.25) is 0 Å². The minimum atomic E-state index is -0.315. The van der Waals surface area contributed by atoms with Crippen molar-refractivity contribution in [2.75, 3.05) is 26.9 Å². The molecular weight excluding hydrogens is 218 g/mol. The van der Waals surface area contributed by atoms with Crippen molar-refractivity contribution in [3.8, 4) is 0 Å². The Hall–Kier alpha value is -0.610. The SMILES string of the molecule is CC.COCC(C)(C)COCC(C)(C)NC=O. The highest BCUT2D eigenvalue weighted by atomic mass is 16.5. The molecule has 104 valence electrons. The normalized spacial score (nSPS) is 11.5. The van der Waals surface area contributed by atoms with Crippen LogP contribution < -0.4 is 5.32 Å². The summed E-state index contributed by atoms with van der Waals surface area (Å²) in [7, 11) is 1.68. The van der Waals surface area contributed by atoms with E-state index in [1.807, 2.05) is 27.7 Å². The van der Waals surface area contributed by atoms with Gasteiger partial charge in [0.05, 0.1) is 25.4 Å². The number of hydrogen-bond donors (Lipinski definition) is 1. The summed E-state index contributed by atoms with van der Waals surface area (Å²) >= 11 is 0. The molecule has 0 atom stereocenters. The highest BCUT2D eigenvalue weighted by Gasteiger charge is 2.21. The third-order valence-electron chi connectivity index (χ3n) is 1.94. The Labute approximate surface area is 106 Å². The predicted molar refractivity (Wildman–Crippen MR) is 71.1 cm³/mol. The molecule has 0 bridgehead atoms. The number of nitrogens with one attached hydrogen (secondary N) is 1. The molecule has 0 aliphatic rings. The second-order valence-corrected chi connectivity index (χ2v) is 5.24. The van der Waals surface area contributed by atoms with Crippen molar-refractivity contribution in [1.29, 1.82) is 0 Å². The summed E-state index contributed by atoms with van der Waals surface area (Å²) in [6.07, 6.45) is 0.698. The molecule has 1 amide bonds. The molecule has 0 aliphatic carbocycles. The number of ether oxygens (including phenoxy) is 2. The first-order valence-electron chi connectivity index (χ1n) is 6.11. The summed E-state index contributed by atoms with van der Waals surface area (Å²) in [6.45, 7) is 13.8. The van der Waals surface area contributed by atoms with Crippen LogP contribution in [0.15, 0.2) is 0 Å². The molecule has 0 unspecified atom stereocenters. The van der Waals surface area contributed by atoms with Crippen molar-refractivity contribution in [2.45, 2.75) is 47.1 Å². The number of carbonyl (C=O) groups is 1. The average Bonchev–Trinajstić information content (AvgIpc) is 2.19. The Morgan fingerprint density at radius 1 is 1.06 bits per heavy atom. The molecule has 4 heteroatoms. The highest BCUT2D eigenvalue weighted by Crippen LogP contribution is 2.16. The minimum absolute atomic E-state index is 0.00596. The van der Waals surface area contributed by atoms with E-state index in [2.05, 4.69) is 19.2 Å². The van der Waals surface area contributed by atoms with Gasteiger partial charge in [0.25, 0.3) is 0 Å². The summed E-state index contributed by atoms with van der Waals surface area (Å²) in [6, 6.07) is 0. The summed E-state index contributed by atoms with van der Waals surface area (Å²) in [5.41, 5.74) is -0.309. The van der Waals surface area contributed by atoms with E-state index < -0.39 is 0 Å². The molecule has 4 nitrogen and oxygen atoms in total. The van der Waals surface area contributed by atoms with Crippen LogP contribution in [0, 0.1) is 5.41 Å². The van der Waals surface area contributed by atoms with Crippen LogP contribution in [0.5, 0.6) is 0 Å². The molecule has 0 aliphatic heterocycles. The van der Waals surface area contributed by atoms with Crippen LogP contribution in [0.4, 0.5) is 0 Å². The lowest BCUT2D eigenvalue weighted by atomic mass is 9.96. The third kappa shape index (κ3) is 11.6. The molecule has 0 saturated heterocycles. The first-order valence-corrected chi connectivity index (χ1v) is 6.11. The third-order valence-corrected chi connectivity index (χ3v) is 1.94. The quantitative estimate of drug-likeness (QED) is 0.669. The monoisotopic (exact) mass is 247 g/mol. The van der Waals surface area contributed by atoms with Gasteiger partial charge < -0.3 is 14.8 Å². The molecule has 0 heterocycles. The van der Waals surface area contributed by atoms with Crippen molar-refractivity contribution >= 4 is 6.41 Å². The van der Waals surface area contributed by atoms with Crippen molar-refractivity contribution in [3.05, 3.63) is 0 Å². The first-order chi connectivity index (χ1) is 7.83. The van der Waals surface area contributed by atoms with Crippen LogP contribution in [-0.4, -0.2) is 38.9 Å². The van der Waals surface area contributed by atoms with E-state index in [0.717, 1.165) is 0 Å². The molecule has 0 fully saturated rings. The smallest absolute Gasteiger partial charge is 0.207 e. The summed E-state index contributed by atoms with van der Waals surface area (Å²) in [5, 5.41) is 2.70. The van der Waals surface area contributed by atoms with Gasteiger partial charge in [-0.1, -0.05) is 27.7 Å². The van der Waals surface area contributed by atoms with Gasteiger partial charge >= 0.3 is 0 Å². The van der Waals surface area contributed by atoms with Gasteiger partial charge in [-0.3, -0.25) is 4.79 Å². The average molecular weight is 247 g/mol. The number of amides is 1. The van der Waals surface area contributed by atoms with Crippen LogP contribution in [0.1, 0.15) is 41.5 Å². The maximum Gasteiger partial charge on any atom is 0.207 e. The van der Waals surface area contributed by atoms with E-state index in [0.29, 0.717) is 26.2 Å². The Morgan fingerprint density at radius 2 is 1.59 bits per heavy atom. The van der Waals surface area contributed by atoms with Gasteiger partial charge in [-0.25, -0.2) is 0 Å². The molecule has 0 aromatic heterocycles. The summed E-state index contributed by atoms with van der Waals surface area (Å²) in [4.78, 5) is 10.3. The van der Waals surface area contributed by atoms with E-state index in [1.54, 1.807) is 7.11 Å². The zero-order chi connectivity index (χ0) is 13.9. The largest absolute Gasteiger partial charge is 0.384 e. The molecule has 0 spiro atoms. The lowest BCUT2D eigenvalue weighted by Crippen LogP contribution is -2.43. The van der Waals surface area contributed by atoms with Gasteiger partial charge in [0, 0.05) is 12.5 Å². The molecule has 0 aromatic rings. The fourth-order valence-corrected chi connectivity index (χ4v) is 1.22. The standard InChI is InChI=1S/C11H23NO3.C2H6/c1-10(2,6-14-5)7-15-8-11(3,4)12-9-13;1-2/h9H,6-8H2,1-5H3,(H,12,13);1-2H3. The van der Waals surface area contributed by atoms with Gasteiger partial charge in [0.15, 0.2) is 0 Å². The topological polar surface area (TPSA) is 47.6 Å². The van der Waals surface area contributed by atoms with Gasteiger partial charge in [-0.05, 0) is 13.8 Å². The van der Waals surface area contributed by atoms with E-state index in [9.17, 15) is 4.79 Å². The zero-order valence-corrected chi connectivity index (χ0v) is 12.4. The van der Waals surface area contributed by atoms with E-state index >= 15 is 0 Å². The Bertz CT molecular complexity index is 191. The van der Waals surface area contributed by atoms with Gasteiger partial charge in [0.2, 0.25) is 6.41 Å². The van der Waals surface area contributed by atoms with E-state index in [-0.39, 0.29) is 11.0 Å². The lowest BCUT2D eigenvalue weighted by molar-refractivity contribution is -0.111. The highest BCUT2D eigenvalue weighted by molar-refractivity contribution is 5.47. The lowest BCUT2D eigenvalue weighted by Gasteiger charge is -2.28. The maximum atomic E-state index is 10.3. The van der Waals surface area contributed by atoms with Crippen molar-refractivity contribution in [1.82, 2.24) is 5.32 Å². The fraction of sp³-hybridized carbons (Fsp3) is 0.923. The summed E-state index contributed by atoms with van der Waals surface area (Å²) < 4.78 is 10.7. The maximum absolute atomic E-state index is 10.3. The molecule has 1 N–H and O–H groups in total. The number of methoxy groups -OCH3 is 1. The van der Waals surface area contributed by atoms with Crippen molar-refractivity contribution in [2.24, 2.45) is 5.41 Å². The van der Waals surface area contributed by atoms with Gasteiger partial charge in [-0.2, -0.15) is 0 Å². The fourth-order valence-electron chi connectivity index (χ4n) is 1.22. The molecule has 17 heavy (non-hydrogen) atoms. The van der Waals surface area contributed by atoms with Crippen LogP contribution >= 0.6 is 0 Å². The van der Waals surface area contributed by atoms with Crippen LogP contribution in [0.25, 0.3) is 0 Å². The first kappa shape index (κ1) is 18.7. The summed E-state index contributed by atoms with van der Waals surface area (Å²) in [5.74, 6) is 0. The number of hydrogen-bond acceptors (Lipinski definition) is 3. The second-order valence-electron chi connectivity index (χ2n) is 5.24. The van der Waals surface area contributed by atoms with Crippen LogP contribution in [0.3, 0.4) is 0 Å². The molecular formula is C13H29NO3. The van der Waals surface area contributed by atoms with Crippen LogP contribution in [-0.2, 0) is 14.3 Å². The van der Waals surface area contributed by atoms with Gasteiger partial charge in [0.1, 0.15) is 0 Å². The Balaban J connectivity index is 0. The van der Waals surface area contributed by atoms with Crippen molar-refractivity contribution < 1.29 is 14.3 Å². The molecule has 0 saturated carbocycles. The predicted octanol–water partition coefficient (Wildman–Crippen LogP) is 2.23. The number of carbonyl (C=O) groups excluding carboxylic acids is 1. The Morgan fingerprint density at radius 3 is 2.00 bits per heavy atom. The van der Waals surface area contributed by atoms with E-state index in [1.165, 1.54) is 0 Å². The zero-order valence-electron chi connectivity index (χ0n) is 12.4. The number of rotatable bonds is 8. The van der Waals surface area contributed by atoms with Gasteiger partial charge in [-0.15, -0.1) is 0 Å². The van der Waals surface area contributed by atoms with E-state index in [4.69, 9.17) is 9.47 Å². The Kier molecular flexibility index (Phi) is 10.4.